The maximum Gasteiger partial charge on any atom is 0.321 e. The molecule has 1 heterocycles. The molecule has 25 heavy (non-hydrogen) atoms. The highest BCUT2D eigenvalue weighted by atomic mass is 16.2. The minimum atomic E-state index is -0.216. The molecule has 6 nitrogen and oxygen atoms in total. The van der Waals surface area contributed by atoms with Gasteiger partial charge in [-0.15, -0.1) is 0 Å². The number of aromatic nitrogens is 1. The van der Waals surface area contributed by atoms with Crippen molar-refractivity contribution in [2.75, 3.05) is 18.4 Å². The van der Waals surface area contributed by atoms with Crippen LogP contribution in [0.4, 0.5) is 10.5 Å². The molecule has 0 radical (unpaired) electrons. The maximum absolute atomic E-state index is 12.1. The predicted molar refractivity (Wildman–Crippen MR) is 98.5 cm³/mol. The summed E-state index contributed by atoms with van der Waals surface area (Å²) < 4.78 is 0. The third-order valence-corrected chi connectivity index (χ3v) is 3.96. The lowest BCUT2D eigenvalue weighted by molar-refractivity contribution is 0.0935. The van der Waals surface area contributed by atoms with Crippen molar-refractivity contribution >= 4 is 17.6 Å². The van der Waals surface area contributed by atoms with E-state index in [0.29, 0.717) is 18.8 Å². The fourth-order valence-electron chi connectivity index (χ4n) is 2.42. The summed E-state index contributed by atoms with van der Waals surface area (Å²) >= 11 is 0. The van der Waals surface area contributed by atoms with Crippen LogP contribution < -0.4 is 10.6 Å². The Morgan fingerprint density at radius 1 is 1.08 bits per heavy atom. The second kappa shape index (κ2) is 8.82. The Balaban J connectivity index is 1.97. The van der Waals surface area contributed by atoms with E-state index in [9.17, 15) is 9.59 Å². The van der Waals surface area contributed by atoms with Crippen molar-refractivity contribution in [3.8, 4) is 0 Å². The largest absolute Gasteiger partial charge is 0.344 e. The number of urea groups is 1. The smallest absolute Gasteiger partial charge is 0.321 e. The number of rotatable bonds is 6. The van der Waals surface area contributed by atoms with Crippen LogP contribution >= 0.6 is 0 Å². The molecule has 2 rings (SSSR count). The number of nitrogens with zero attached hydrogens (tertiary/aromatic N) is 2. The summed E-state index contributed by atoms with van der Waals surface area (Å²) in [6, 6.07) is 12.4. The Morgan fingerprint density at radius 2 is 1.76 bits per heavy atom. The summed E-state index contributed by atoms with van der Waals surface area (Å²) in [7, 11) is 0. The number of benzene rings is 1. The standard InChI is InChI=1S/C19H24N4O2/c1-4-23(5-2)19(25)22-16-11-9-15(10-12-16)14(3)21-18(24)17-8-6-7-13-20-17/h6-14H,4-5H2,1-3H3,(H,21,24)(H,22,25). The van der Waals surface area contributed by atoms with Crippen LogP contribution in [0, 0.1) is 0 Å². The van der Waals surface area contributed by atoms with Gasteiger partial charge in [0.1, 0.15) is 5.69 Å². The van der Waals surface area contributed by atoms with Gasteiger partial charge in [-0.3, -0.25) is 9.78 Å². The van der Waals surface area contributed by atoms with E-state index in [1.165, 1.54) is 0 Å². The van der Waals surface area contributed by atoms with Crippen molar-refractivity contribution in [3.05, 3.63) is 59.9 Å². The van der Waals surface area contributed by atoms with Crippen molar-refractivity contribution in [1.82, 2.24) is 15.2 Å². The summed E-state index contributed by atoms with van der Waals surface area (Å²) in [5.74, 6) is -0.216. The normalized spacial score (nSPS) is 11.5. The molecule has 0 saturated heterocycles. The van der Waals surface area contributed by atoms with Gasteiger partial charge in [-0.25, -0.2) is 4.79 Å². The van der Waals surface area contributed by atoms with Crippen molar-refractivity contribution in [2.45, 2.75) is 26.8 Å². The molecule has 132 valence electrons. The van der Waals surface area contributed by atoms with E-state index in [1.807, 2.05) is 45.0 Å². The molecule has 1 aromatic heterocycles. The van der Waals surface area contributed by atoms with Crippen LogP contribution in [0.2, 0.25) is 0 Å². The lowest BCUT2D eigenvalue weighted by Gasteiger charge is -2.19. The molecule has 0 bridgehead atoms. The van der Waals surface area contributed by atoms with Crippen LogP contribution in [0.15, 0.2) is 48.7 Å². The first-order valence-electron chi connectivity index (χ1n) is 8.43. The lowest BCUT2D eigenvalue weighted by atomic mass is 10.1. The molecule has 2 N–H and O–H groups in total. The molecule has 2 aromatic rings. The Bertz CT molecular complexity index is 697. The van der Waals surface area contributed by atoms with E-state index >= 15 is 0 Å². The first-order chi connectivity index (χ1) is 12.0. The molecule has 1 atom stereocenters. The number of carbonyl (C=O) groups is 2. The van der Waals surface area contributed by atoms with Crippen molar-refractivity contribution in [3.63, 3.8) is 0 Å². The van der Waals surface area contributed by atoms with Gasteiger partial charge >= 0.3 is 6.03 Å². The third kappa shape index (κ3) is 5.04. The molecular formula is C19H24N4O2. The molecule has 0 aliphatic heterocycles. The molecule has 0 aliphatic carbocycles. The van der Waals surface area contributed by atoms with E-state index in [-0.39, 0.29) is 18.0 Å². The van der Waals surface area contributed by atoms with Gasteiger partial charge in [0.15, 0.2) is 0 Å². The van der Waals surface area contributed by atoms with Gasteiger partial charge in [-0.05, 0) is 50.6 Å². The monoisotopic (exact) mass is 340 g/mol. The number of hydrogen-bond acceptors (Lipinski definition) is 3. The quantitative estimate of drug-likeness (QED) is 0.846. The second-order valence-corrected chi connectivity index (χ2v) is 5.63. The minimum absolute atomic E-state index is 0.116. The van der Waals surface area contributed by atoms with Crippen LogP contribution in [-0.2, 0) is 0 Å². The van der Waals surface area contributed by atoms with Crippen LogP contribution in [0.25, 0.3) is 0 Å². The van der Waals surface area contributed by atoms with Crippen molar-refractivity contribution in [2.24, 2.45) is 0 Å². The van der Waals surface area contributed by atoms with Crippen LogP contribution in [0.5, 0.6) is 0 Å². The Kier molecular flexibility index (Phi) is 6.51. The Morgan fingerprint density at radius 3 is 2.32 bits per heavy atom. The van der Waals surface area contributed by atoms with E-state index in [4.69, 9.17) is 0 Å². The van der Waals surface area contributed by atoms with Crippen LogP contribution in [0.1, 0.15) is 42.9 Å². The maximum atomic E-state index is 12.1. The molecular weight excluding hydrogens is 316 g/mol. The van der Waals surface area contributed by atoms with E-state index < -0.39 is 0 Å². The van der Waals surface area contributed by atoms with Gasteiger partial charge in [0.25, 0.3) is 5.91 Å². The summed E-state index contributed by atoms with van der Waals surface area (Å²) in [6.45, 7) is 7.12. The van der Waals surface area contributed by atoms with Gasteiger partial charge in [-0.1, -0.05) is 18.2 Å². The number of nitrogens with one attached hydrogen (secondary N) is 2. The van der Waals surface area contributed by atoms with E-state index in [1.54, 1.807) is 29.3 Å². The highest BCUT2D eigenvalue weighted by molar-refractivity contribution is 5.92. The SMILES string of the molecule is CCN(CC)C(=O)Nc1ccc(C(C)NC(=O)c2ccccn2)cc1. The minimum Gasteiger partial charge on any atom is -0.344 e. The highest BCUT2D eigenvalue weighted by Gasteiger charge is 2.13. The lowest BCUT2D eigenvalue weighted by Crippen LogP contribution is -2.34. The molecule has 1 aromatic carbocycles. The summed E-state index contributed by atoms with van der Waals surface area (Å²) in [4.78, 5) is 29.9. The number of pyridine rings is 1. The van der Waals surface area contributed by atoms with Gasteiger partial charge < -0.3 is 15.5 Å². The Hall–Kier alpha value is -2.89. The van der Waals surface area contributed by atoms with Gasteiger partial charge in [0.05, 0.1) is 6.04 Å². The highest BCUT2D eigenvalue weighted by Crippen LogP contribution is 2.17. The molecule has 0 fully saturated rings. The molecule has 0 spiro atoms. The summed E-state index contributed by atoms with van der Waals surface area (Å²) in [5, 5.41) is 5.78. The van der Waals surface area contributed by atoms with Crippen LogP contribution in [-0.4, -0.2) is 34.9 Å². The number of hydrogen-bond donors (Lipinski definition) is 2. The van der Waals surface area contributed by atoms with E-state index in [2.05, 4.69) is 15.6 Å². The van der Waals surface area contributed by atoms with Gasteiger partial charge in [0, 0.05) is 25.0 Å². The summed E-state index contributed by atoms with van der Waals surface area (Å²) in [6.07, 6.45) is 1.59. The topological polar surface area (TPSA) is 74.3 Å². The zero-order valence-corrected chi connectivity index (χ0v) is 14.8. The van der Waals surface area contributed by atoms with Gasteiger partial charge in [0.2, 0.25) is 0 Å². The molecule has 0 saturated carbocycles. The van der Waals surface area contributed by atoms with Crippen LogP contribution in [0.3, 0.4) is 0 Å². The average Bonchev–Trinajstić information content (AvgIpc) is 2.64. The average molecular weight is 340 g/mol. The van der Waals surface area contributed by atoms with E-state index in [0.717, 1.165) is 11.3 Å². The van der Waals surface area contributed by atoms with Crippen molar-refractivity contribution in [1.29, 1.82) is 0 Å². The van der Waals surface area contributed by atoms with Crippen molar-refractivity contribution < 1.29 is 9.59 Å². The number of amides is 3. The molecule has 6 heteroatoms. The Labute approximate surface area is 148 Å². The second-order valence-electron chi connectivity index (χ2n) is 5.63. The predicted octanol–water partition coefficient (Wildman–Crippen LogP) is 3.45. The number of anilines is 1. The van der Waals surface area contributed by atoms with Gasteiger partial charge in [-0.2, -0.15) is 0 Å². The third-order valence-electron chi connectivity index (χ3n) is 3.96. The molecule has 3 amide bonds. The molecule has 0 aliphatic rings. The number of carbonyl (C=O) groups excluding carboxylic acids is 2. The fraction of sp³-hybridized carbons (Fsp3) is 0.316. The first-order valence-corrected chi connectivity index (χ1v) is 8.43. The molecule has 1 unspecified atom stereocenters. The zero-order chi connectivity index (χ0) is 18.2. The zero-order valence-electron chi connectivity index (χ0n) is 14.8. The summed E-state index contributed by atoms with van der Waals surface area (Å²) in [5.41, 5.74) is 2.06. The first kappa shape index (κ1) is 18.4. The fourth-order valence-corrected chi connectivity index (χ4v) is 2.42.